The Morgan fingerprint density at radius 2 is 0.704 bits per heavy atom. The van der Waals surface area contributed by atoms with Gasteiger partial charge in [-0.3, -0.25) is 0 Å². The lowest BCUT2D eigenvalue weighted by molar-refractivity contribution is 0.0503. The summed E-state index contributed by atoms with van der Waals surface area (Å²) in [5.41, 5.74) is 4.82. The van der Waals surface area contributed by atoms with Crippen LogP contribution in [-0.2, 0) is 14.2 Å². The Labute approximate surface area is 316 Å². The maximum absolute atomic E-state index is 11.8. The second kappa shape index (κ2) is 20.7. The van der Waals surface area contributed by atoms with Crippen LogP contribution in [0.25, 0.3) is 0 Å². The molecule has 3 atom stereocenters. The third-order valence-corrected chi connectivity index (χ3v) is 8.55. The molecule has 3 aromatic carbocycles. The highest BCUT2D eigenvalue weighted by Gasteiger charge is 2.20. The molecule has 0 aliphatic heterocycles. The molecule has 6 rings (SSSR count). The van der Waals surface area contributed by atoms with Crippen LogP contribution in [-0.4, -0.2) is 66.4 Å². The summed E-state index contributed by atoms with van der Waals surface area (Å²) in [4.78, 5) is 47.4. The second-order valence-electron chi connectivity index (χ2n) is 12.0. The maximum Gasteiger partial charge on any atom is 0.356 e. The van der Waals surface area contributed by atoms with Gasteiger partial charge in [0.25, 0.3) is 0 Å². The molecule has 3 aromatic heterocycles. The molecule has 12 nitrogen and oxygen atoms in total. The van der Waals surface area contributed by atoms with Crippen molar-refractivity contribution in [3.63, 3.8) is 0 Å². The molecule has 0 aliphatic carbocycles. The standard InChI is InChI=1S/3C14H16N2O2/c3*1-3-18-14(17)13-9-15-10-16(13)11(2)12-7-5-4-6-8-12/h3*4-11H,3H2,1-2H3/t3*11-/m111/s1. The van der Waals surface area contributed by atoms with Crippen molar-refractivity contribution in [2.24, 2.45) is 0 Å². The van der Waals surface area contributed by atoms with Gasteiger partial charge in [0.2, 0.25) is 0 Å². The van der Waals surface area contributed by atoms with E-state index in [4.69, 9.17) is 14.2 Å². The van der Waals surface area contributed by atoms with Crippen molar-refractivity contribution in [2.45, 2.75) is 59.7 Å². The first-order valence-corrected chi connectivity index (χ1v) is 17.9. The SMILES string of the molecule is CCOC(=O)c1cncn1[C@H](C)c1ccccc1.CCOC(=O)c1cncn1[C@H](C)c1ccccc1.CCOC(=O)c1cncn1[C@H](C)c1ccccc1. The van der Waals surface area contributed by atoms with Gasteiger partial charge in [0, 0.05) is 0 Å². The monoisotopic (exact) mass is 732 g/mol. The van der Waals surface area contributed by atoms with Crippen LogP contribution < -0.4 is 0 Å². The van der Waals surface area contributed by atoms with Gasteiger partial charge in [-0.15, -0.1) is 0 Å². The van der Waals surface area contributed by atoms with Crippen molar-refractivity contribution in [2.75, 3.05) is 19.8 Å². The number of carbonyl (C=O) groups excluding carboxylic acids is 3. The van der Waals surface area contributed by atoms with Crippen LogP contribution >= 0.6 is 0 Å². The van der Waals surface area contributed by atoms with E-state index in [1.54, 1.807) is 39.8 Å². The Balaban J connectivity index is 0.000000180. The van der Waals surface area contributed by atoms with E-state index < -0.39 is 0 Å². The van der Waals surface area contributed by atoms with Gasteiger partial charge in [0.05, 0.1) is 75.5 Å². The number of rotatable bonds is 12. The number of benzene rings is 3. The summed E-state index contributed by atoms with van der Waals surface area (Å²) < 4.78 is 20.5. The van der Waals surface area contributed by atoms with Crippen LogP contribution in [0.2, 0.25) is 0 Å². The van der Waals surface area contributed by atoms with Crippen LogP contribution in [0, 0.1) is 0 Å². The third kappa shape index (κ3) is 10.6. The molecule has 282 valence electrons. The quantitative estimate of drug-likeness (QED) is 0.0907. The molecule has 0 radical (unpaired) electrons. The summed E-state index contributed by atoms with van der Waals surface area (Å²) in [6.45, 7) is 12.5. The second-order valence-corrected chi connectivity index (χ2v) is 12.0. The molecule has 0 unspecified atom stereocenters. The highest BCUT2D eigenvalue weighted by Crippen LogP contribution is 2.22. The molecule has 0 spiro atoms. The first-order valence-electron chi connectivity index (χ1n) is 17.9. The highest BCUT2D eigenvalue weighted by atomic mass is 16.5. The van der Waals surface area contributed by atoms with Crippen LogP contribution in [0.1, 0.15) is 108 Å². The lowest BCUT2D eigenvalue weighted by Gasteiger charge is -2.16. The molecule has 0 amide bonds. The lowest BCUT2D eigenvalue weighted by Crippen LogP contribution is -2.15. The number of ether oxygens (including phenoxy) is 3. The number of hydrogen-bond acceptors (Lipinski definition) is 9. The predicted octanol–water partition coefficient (Wildman–Crippen LogP) is 8.01. The molecular weight excluding hydrogens is 684 g/mol. The average molecular weight is 733 g/mol. The van der Waals surface area contributed by atoms with Crippen LogP contribution in [0.15, 0.2) is 129 Å². The molecule has 0 saturated carbocycles. The Morgan fingerprint density at radius 3 is 0.926 bits per heavy atom. The van der Waals surface area contributed by atoms with E-state index in [2.05, 4.69) is 15.0 Å². The van der Waals surface area contributed by atoms with E-state index in [0.717, 1.165) is 16.7 Å². The minimum absolute atomic E-state index is 0.0492. The molecule has 0 saturated heterocycles. The molecule has 0 N–H and O–H groups in total. The number of aromatic nitrogens is 6. The zero-order valence-electron chi connectivity index (χ0n) is 31.6. The summed E-state index contributed by atoms with van der Waals surface area (Å²) in [5.74, 6) is -1.01. The van der Waals surface area contributed by atoms with Gasteiger partial charge in [-0.1, -0.05) is 91.0 Å². The first kappa shape index (κ1) is 40.5. The fourth-order valence-corrected chi connectivity index (χ4v) is 5.61. The molecule has 54 heavy (non-hydrogen) atoms. The Kier molecular flexibility index (Phi) is 15.5. The summed E-state index contributed by atoms with van der Waals surface area (Å²) in [7, 11) is 0. The van der Waals surface area contributed by atoms with Crippen LogP contribution in [0.3, 0.4) is 0 Å². The van der Waals surface area contributed by atoms with Crippen molar-refractivity contribution in [3.8, 4) is 0 Å². The Morgan fingerprint density at radius 1 is 0.463 bits per heavy atom. The van der Waals surface area contributed by atoms with Gasteiger partial charge in [-0.05, 0) is 58.2 Å². The zero-order chi connectivity index (χ0) is 38.9. The fraction of sp³-hybridized carbons (Fsp3) is 0.286. The van der Waals surface area contributed by atoms with Crippen molar-refractivity contribution in [1.82, 2.24) is 28.7 Å². The topological polar surface area (TPSA) is 132 Å². The predicted molar refractivity (Wildman–Crippen MR) is 205 cm³/mol. The number of carbonyl (C=O) groups is 3. The van der Waals surface area contributed by atoms with Gasteiger partial charge < -0.3 is 27.9 Å². The summed E-state index contributed by atoms with van der Waals surface area (Å²) >= 11 is 0. The zero-order valence-corrected chi connectivity index (χ0v) is 31.6. The van der Waals surface area contributed by atoms with Gasteiger partial charge in [-0.2, -0.15) is 0 Å². The molecule has 0 aliphatic rings. The van der Waals surface area contributed by atoms with Crippen molar-refractivity contribution < 1.29 is 28.6 Å². The van der Waals surface area contributed by atoms with E-state index in [0.29, 0.717) is 36.9 Å². The third-order valence-electron chi connectivity index (χ3n) is 8.55. The van der Waals surface area contributed by atoms with Gasteiger partial charge in [0.15, 0.2) is 0 Å². The Hall–Kier alpha value is -6.30. The fourth-order valence-electron chi connectivity index (χ4n) is 5.61. The molecule has 12 heteroatoms. The largest absolute Gasteiger partial charge is 0.461 e. The lowest BCUT2D eigenvalue weighted by atomic mass is 10.1. The smallest absolute Gasteiger partial charge is 0.356 e. The van der Waals surface area contributed by atoms with Crippen molar-refractivity contribution >= 4 is 17.9 Å². The Bertz CT molecular complexity index is 1790. The van der Waals surface area contributed by atoms with E-state index in [-0.39, 0.29) is 36.0 Å². The summed E-state index contributed by atoms with van der Waals surface area (Å²) in [5, 5.41) is 0. The van der Waals surface area contributed by atoms with E-state index in [9.17, 15) is 14.4 Å². The normalized spacial score (nSPS) is 12.1. The van der Waals surface area contributed by atoms with E-state index >= 15 is 0 Å². The van der Waals surface area contributed by atoms with E-state index in [1.165, 1.54) is 18.6 Å². The summed E-state index contributed by atoms with van der Waals surface area (Å²) in [6.07, 6.45) is 9.59. The molecule has 3 heterocycles. The first-order chi connectivity index (χ1) is 26.2. The molecular formula is C42H48N6O6. The molecule has 0 fully saturated rings. The number of nitrogens with zero attached hydrogens (tertiary/aromatic N) is 6. The average Bonchev–Trinajstić information content (AvgIpc) is 4.01. The van der Waals surface area contributed by atoms with Gasteiger partial charge in [0.1, 0.15) is 17.1 Å². The minimum atomic E-state index is -0.335. The number of hydrogen-bond donors (Lipinski definition) is 0. The van der Waals surface area contributed by atoms with Gasteiger partial charge in [-0.25, -0.2) is 29.3 Å². The van der Waals surface area contributed by atoms with Crippen LogP contribution in [0.4, 0.5) is 0 Å². The van der Waals surface area contributed by atoms with Crippen LogP contribution in [0.5, 0.6) is 0 Å². The number of imidazole rings is 3. The molecule has 0 bridgehead atoms. The van der Waals surface area contributed by atoms with E-state index in [1.807, 2.05) is 125 Å². The molecule has 6 aromatic rings. The maximum atomic E-state index is 11.8. The summed E-state index contributed by atoms with van der Waals surface area (Å²) in [6, 6.07) is 30.1. The minimum Gasteiger partial charge on any atom is -0.461 e. The van der Waals surface area contributed by atoms with Crippen molar-refractivity contribution in [3.05, 3.63) is 162 Å². The van der Waals surface area contributed by atoms with Gasteiger partial charge >= 0.3 is 17.9 Å². The van der Waals surface area contributed by atoms with Crippen molar-refractivity contribution in [1.29, 1.82) is 0 Å². The number of esters is 3. The highest BCUT2D eigenvalue weighted by molar-refractivity contribution is 5.88.